The molecule has 0 saturated carbocycles. The average molecular weight is 748 g/mol. The minimum atomic E-state index is -0.198. The van der Waals surface area contributed by atoms with Crippen molar-refractivity contribution in [1.29, 1.82) is 0 Å². The Morgan fingerprint density at radius 2 is 1.33 bits per heavy atom. The summed E-state index contributed by atoms with van der Waals surface area (Å²) in [4.78, 5) is 33.2. The topological polar surface area (TPSA) is 178 Å². The minimum absolute atomic E-state index is 0.120. The molecule has 3 unspecified atom stereocenters. The van der Waals surface area contributed by atoms with Crippen molar-refractivity contribution >= 4 is 63.4 Å². The fourth-order valence-corrected chi connectivity index (χ4v) is 7.41. The van der Waals surface area contributed by atoms with Gasteiger partial charge in [0.05, 0.1) is 24.1 Å². The molecule has 0 radical (unpaired) electrons. The first-order chi connectivity index (χ1) is 25.2. The first-order valence-corrected chi connectivity index (χ1v) is 19.2. The normalized spacial score (nSPS) is 19.7. The van der Waals surface area contributed by atoms with Crippen molar-refractivity contribution in [2.45, 2.75) is 65.1 Å². The maximum absolute atomic E-state index is 5.20. The molecule has 18 heteroatoms. The van der Waals surface area contributed by atoms with Gasteiger partial charge in [-0.2, -0.15) is 0 Å². The van der Waals surface area contributed by atoms with Crippen LogP contribution in [-0.4, -0.2) is 105 Å². The Bertz CT molecular complexity index is 1820. The summed E-state index contributed by atoms with van der Waals surface area (Å²) < 4.78 is 5.20. The Morgan fingerprint density at radius 1 is 0.712 bits per heavy atom. The van der Waals surface area contributed by atoms with Crippen molar-refractivity contribution in [1.82, 2.24) is 41.7 Å². The molecule has 0 saturated heterocycles. The number of aliphatic imine (C=N–C) groups is 6. The Balaban J connectivity index is 0.908. The van der Waals surface area contributed by atoms with E-state index in [1.165, 1.54) is 21.6 Å². The summed E-state index contributed by atoms with van der Waals surface area (Å²) in [6, 6.07) is 6.42. The number of rotatable bonds is 12. The zero-order valence-electron chi connectivity index (χ0n) is 30.5. The summed E-state index contributed by atoms with van der Waals surface area (Å²) >= 11 is 3.41. The average Bonchev–Trinajstić information content (AvgIpc) is 3.90. The summed E-state index contributed by atoms with van der Waals surface area (Å²) in [5, 5.41) is 28.6. The van der Waals surface area contributed by atoms with Crippen molar-refractivity contribution in [3.8, 4) is 0 Å². The van der Waals surface area contributed by atoms with E-state index in [1.807, 2.05) is 40.9 Å². The highest BCUT2D eigenvalue weighted by Gasteiger charge is 2.20. The van der Waals surface area contributed by atoms with Gasteiger partial charge in [-0.3, -0.25) is 16.0 Å². The molecule has 3 aliphatic rings. The van der Waals surface area contributed by atoms with Gasteiger partial charge in [-0.05, 0) is 85.7 Å². The van der Waals surface area contributed by atoms with Crippen molar-refractivity contribution in [2.75, 3.05) is 46.1 Å². The summed E-state index contributed by atoms with van der Waals surface area (Å²) in [5.74, 6) is 4.47. The fourth-order valence-electron chi connectivity index (χ4n) is 5.59. The predicted octanol–water partition coefficient (Wildman–Crippen LogP) is 2.59. The first kappa shape index (κ1) is 36.7. The van der Waals surface area contributed by atoms with Gasteiger partial charge in [0.1, 0.15) is 18.5 Å². The third-order valence-corrected chi connectivity index (χ3v) is 10.1. The maximum atomic E-state index is 5.20. The van der Waals surface area contributed by atoms with E-state index in [1.54, 1.807) is 35.2 Å². The predicted molar refractivity (Wildman–Crippen MR) is 214 cm³/mol. The third-order valence-electron chi connectivity index (χ3n) is 8.26. The van der Waals surface area contributed by atoms with Gasteiger partial charge in [0.15, 0.2) is 17.9 Å². The second-order valence-electron chi connectivity index (χ2n) is 12.7. The highest BCUT2D eigenvalue weighted by atomic mass is 32.1. The van der Waals surface area contributed by atoms with Gasteiger partial charge in [-0.25, -0.2) is 30.0 Å². The molecule has 0 bridgehead atoms. The van der Waals surface area contributed by atoms with Crippen molar-refractivity contribution in [3.63, 3.8) is 0 Å². The molecule has 0 aromatic carbocycles. The van der Waals surface area contributed by atoms with Crippen LogP contribution in [0.5, 0.6) is 0 Å². The molecule has 0 aliphatic carbocycles. The first-order valence-electron chi connectivity index (χ1n) is 17.5. The number of anilines is 1. The molecule has 3 atom stereocenters. The number of nitrogens with zero attached hydrogens (tertiary/aromatic N) is 8. The highest BCUT2D eigenvalue weighted by Crippen LogP contribution is 2.21. The number of hydrogen-bond acceptors (Lipinski definition) is 18. The molecular weight excluding hydrogens is 699 g/mol. The van der Waals surface area contributed by atoms with E-state index in [0.717, 1.165) is 68.3 Å². The third kappa shape index (κ3) is 10.5. The molecule has 6 rings (SSSR count). The van der Waals surface area contributed by atoms with Crippen LogP contribution in [0.25, 0.3) is 0 Å². The lowest BCUT2D eigenvalue weighted by atomic mass is 10.2. The van der Waals surface area contributed by atoms with E-state index in [4.69, 9.17) is 14.4 Å². The molecule has 0 fully saturated rings. The lowest BCUT2D eigenvalue weighted by Gasteiger charge is -2.30. The molecule has 7 N–H and O–H groups in total. The van der Waals surface area contributed by atoms with Gasteiger partial charge in [0.2, 0.25) is 17.9 Å². The SMILES string of the molecule is CNC1=NC(C)N=C(NCCc2csc(NC3=NC(C)N=C(NCCc4csc(CN(C)C5=NC(C)N=C(N(C)CCc6ccoc6)N5)c4)N3)c2)N1. The number of thiophene rings is 2. The van der Waals surface area contributed by atoms with Crippen LogP contribution < -0.4 is 37.2 Å². The van der Waals surface area contributed by atoms with Gasteiger partial charge in [-0.15, -0.1) is 22.7 Å². The van der Waals surface area contributed by atoms with Crippen molar-refractivity contribution in [2.24, 2.45) is 30.0 Å². The Hall–Kier alpha value is -5.10. The molecule has 3 aliphatic heterocycles. The van der Waals surface area contributed by atoms with E-state index in [9.17, 15) is 0 Å². The lowest BCUT2D eigenvalue weighted by molar-refractivity contribution is 0.453. The lowest BCUT2D eigenvalue weighted by Crippen LogP contribution is -2.51. The van der Waals surface area contributed by atoms with E-state index < -0.39 is 0 Å². The quantitative estimate of drug-likeness (QED) is 0.146. The molecule has 16 nitrogen and oxygen atoms in total. The molecule has 52 heavy (non-hydrogen) atoms. The van der Waals surface area contributed by atoms with Crippen LogP contribution in [0.1, 0.15) is 42.3 Å². The molecular formula is C34H49N15OS2. The second-order valence-corrected chi connectivity index (χ2v) is 14.6. The van der Waals surface area contributed by atoms with Gasteiger partial charge in [0.25, 0.3) is 0 Å². The van der Waals surface area contributed by atoms with E-state index >= 15 is 0 Å². The van der Waals surface area contributed by atoms with Crippen LogP contribution in [-0.2, 0) is 25.8 Å². The smallest absolute Gasteiger partial charge is 0.205 e. The molecule has 3 aromatic heterocycles. The van der Waals surface area contributed by atoms with Gasteiger partial charge < -0.3 is 35.5 Å². The summed E-state index contributed by atoms with van der Waals surface area (Å²) in [6.07, 6.45) is 5.63. The maximum Gasteiger partial charge on any atom is 0.205 e. The Labute approximate surface area is 312 Å². The summed E-state index contributed by atoms with van der Waals surface area (Å²) in [5.41, 5.74) is 3.68. The van der Waals surface area contributed by atoms with Crippen molar-refractivity contribution < 1.29 is 4.42 Å². The van der Waals surface area contributed by atoms with Crippen molar-refractivity contribution in [3.05, 3.63) is 63.1 Å². The Kier molecular flexibility index (Phi) is 12.3. The summed E-state index contributed by atoms with van der Waals surface area (Å²) in [6.45, 7) is 9.00. The minimum Gasteiger partial charge on any atom is -0.472 e. The van der Waals surface area contributed by atoms with Crippen LogP contribution in [0, 0.1) is 0 Å². The Morgan fingerprint density at radius 3 is 2.02 bits per heavy atom. The van der Waals surface area contributed by atoms with Crippen LogP contribution in [0.15, 0.2) is 75.9 Å². The largest absolute Gasteiger partial charge is 0.472 e. The molecule has 3 aromatic rings. The van der Waals surface area contributed by atoms with Gasteiger partial charge >= 0.3 is 0 Å². The molecule has 6 heterocycles. The number of likely N-dealkylation sites (N-methyl/N-ethyl adjacent to an activating group) is 1. The van der Waals surface area contributed by atoms with Gasteiger partial charge in [-0.1, -0.05) is 0 Å². The van der Waals surface area contributed by atoms with E-state index in [2.05, 4.69) is 96.9 Å². The monoisotopic (exact) mass is 747 g/mol. The number of nitrogens with one attached hydrogen (secondary N) is 7. The number of hydrogen-bond donors (Lipinski definition) is 7. The van der Waals surface area contributed by atoms with Gasteiger partial charge in [0, 0.05) is 45.7 Å². The van der Waals surface area contributed by atoms with Crippen LogP contribution in [0.4, 0.5) is 5.00 Å². The molecule has 0 amide bonds. The van der Waals surface area contributed by atoms with Crippen LogP contribution in [0.2, 0.25) is 0 Å². The number of furan rings is 1. The van der Waals surface area contributed by atoms with E-state index in [0.29, 0.717) is 17.9 Å². The highest BCUT2D eigenvalue weighted by molar-refractivity contribution is 7.14. The second kappa shape index (κ2) is 17.4. The standard InChI is InChI=1S/C34H49N15OS2/c1-21-38-29(35-4)45-30(39-21)36-12-8-26-16-28(52-20-26)44-32-41-22(2)40-31(46-32)37-11-7-25-15-27(51-19-25)17-49(6)34-43-23(3)42-33(47-34)48(5)13-9-24-10-14-50-18-24/h10,14-16,18-23H,7-9,11-13,17H2,1-6H3,(H,42,43,47)(H3,35,36,38,39,45)(H3,37,40,41,44,46). The van der Waals surface area contributed by atoms with Crippen LogP contribution >= 0.6 is 22.7 Å². The zero-order valence-corrected chi connectivity index (χ0v) is 32.2. The summed E-state index contributed by atoms with van der Waals surface area (Å²) in [7, 11) is 5.94. The van der Waals surface area contributed by atoms with E-state index in [-0.39, 0.29) is 18.5 Å². The fraction of sp³-hybridized carbons (Fsp3) is 0.471. The number of guanidine groups is 6. The zero-order chi connectivity index (χ0) is 36.5. The molecule has 278 valence electrons. The molecule has 0 spiro atoms. The van der Waals surface area contributed by atoms with Crippen LogP contribution in [0.3, 0.4) is 0 Å².